The van der Waals surface area contributed by atoms with Gasteiger partial charge in [-0.1, -0.05) is 18.2 Å². The van der Waals surface area contributed by atoms with Gasteiger partial charge in [-0.25, -0.2) is 4.39 Å². The average Bonchev–Trinajstić information content (AvgIpc) is 2.38. The number of halogens is 4. The van der Waals surface area contributed by atoms with E-state index in [1.165, 1.54) is 24.3 Å². The molecule has 0 aliphatic rings. The number of nitriles is 1. The van der Waals surface area contributed by atoms with E-state index in [2.05, 4.69) is 0 Å². The van der Waals surface area contributed by atoms with Gasteiger partial charge in [0.2, 0.25) is 0 Å². The van der Waals surface area contributed by atoms with Gasteiger partial charge in [0.1, 0.15) is 5.82 Å². The quantitative estimate of drug-likeness (QED) is 0.702. The smallest absolute Gasteiger partial charge is 0.207 e. The van der Waals surface area contributed by atoms with Crippen LogP contribution in [0.4, 0.5) is 17.6 Å². The van der Waals surface area contributed by atoms with Gasteiger partial charge >= 0.3 is 6.18 Å². The van der Waals surface area contributed by atoms with Crippen LogP contribution in [0.1, 0.15) is 11.1 Å². The Bertz CT molecular complexity index is 636. The Morgan fingerprint density at radius 2 is 1.58 bits per heavy atom. The van der Waals surface area contributed by atoms with Crippen LogP contribution in [-0.4, -0.2) is 0 Å². The Labute approximate surface area is 106 Å². The molecule has 0 saturated carbocycles. The third-order valence-corrected chi connectivity index (χ3v) is 2.62. The number of alkyl halides is 3. The second-order valence-corrected chi connectivity index (χ2v) is 3.84. The minimum atomic E-state index is -4.57. The van der Waals surface area contributed by atoms with Gasteiger partial charge in [-0.05, 0) is 29.8 Å². The molecule has 2 aromatic rings. The van der Waals surface area contributed by atoms with E-state index in [-0.39, 0.29) is 16.7 Å². The van der Waals surface area contributed by atoms with Crippen molar-refractivity contribution in [3.05, 3.63) is 59.4 Å². The number of hydrogen-bond donors (Lipinski definition) is 0. The Morgan fingerprint density at radius 3 is 2.11 bits per heavy atom. The maximum absolute atomic E-state index is 12.9. The van der Waals surface area contributed by atoms with E-state index < -0.39 is 17.6 Å². The zero-order valence-electron chi connectivity index (χ0n) is 9.50. The summed E-state index contributed by atoms with van der Waals surface area (Å²) < 4.78 is 51.7. The van der Waals surface area contributed by atoms with Crippen LogP contribution in [-0.2, 0) is 6.18 Å². The Balaban J connectivity index is 2.73. The lowest BCUT2D eigenvalue weighted by Crippen LogP contribution is -2.08. The summed E-state index contributed by atoms with van der Waals surface area (Å²) in [4.78, 5) is 0. The van der Waals surface area contributed by atoms with Crippen molar-refractivity contribution in [3.63, 3.8) is 0 Å². The lowest BCUT2D eigenvalue weighted by atomic mass is 9.94. The van der Waals surface area contributed by atoms with Gasteiger partial charge in [-0.15, -0.1) is 0 Å². The Hall–Kier alpha value is -2.35. The molecule has 5 heteroatoms. The van der Waals surface area contributed by atoms with Crippen LogP contribution >= 0.6 is 0 Å². The normalized spacial score (nSPS) is 11.1. The van der Waals surface area contributed by atoms with Gasteiger partial charge in [0.15, 0.2) is 0 Å². The fraction of sp³-hybridized carbons (Fsp3) is 0.0714. The van der Waals surface area contributed by atoms with Crippen molar-refractivity contribution >= 4 is 0 Å². The predicted molar refractivity (Wildman–Crippen MR) is 61.6 cm³/mol. The van der Waals surface area contributed by atoms with Crippen LogP contribution in [0, 0.1) is 17.1 Å². The monoisotopic (exact) mass is 265 g/mol. The minimum Gasteiger partial charge on any atom is -0.207 e. The summed E-state index contributed by atoms with van der Waals surface area (Å²) in [5.41, 5.74) is -1.07. The lowest BCUT2D eigenvalue weighted by molar-refractivity contribution is -0.137. The second kappa shape index (κ2) is 4.73. The molecular weight excluding hydrogens is 258 g/mol. The topological polar surface area (TPSA) is 23.8 Å². The molecule has 0 heterocycles. The van der Waals surface area contributed by atoms with Crippen LogP contribution < -0.4 is 0 Å². The first kappa shape index (κ1) is 13.1. The number of rotatable bonds is 1. The molecule has 0 aliphatic carbocycles. The van der Waals surface area contributed by atoms with Crippen molar-refractivity contribution in [2.75, 3.05) is 0 Å². The highest BCUT2D eigenvalue weighted by Gasteiger charge is 2.34. The van der Waals surface area contributed by atoms with E-state index in [0.29, 0.717) is 0 Å². The maximum atomic E-state index is 12.9. The number of benzene rings is 2. The third kappa shape index (κ3) is 2.58. The first-order valence-electron chi connectivity index (χ1n) is 5.29. The first-order valence-corrected chi connectivity index (χ1v) is 5.29. The van der Waals surface area contributed by atoms with Crippen molar-refractivity contribution in [2.24, 2.45) is 0 Å². The van der Waals surface area contributed by atoms with Gasteiger partial charge in [0, 0.05) is 5.56 Å². The van der Waals surface area contributed by atoms with Crippen LogP contribution in [0.5, 0.6) is 0 Å². The van der Waals surface area contributed by atoms with Crippen LogP contribution in [0.2, 0.25) is 0 Å². The lowest BCUT2D eigenvalue weighted by Gasteiger charge is -2.14. The first-order chi connectivity index (χ1) is 8.93. The predicted octanol–water partition coefficient (Wildman–Crippen LogP) is 4.38. The Morgan fingerprint density at radius 1 is 0.947 bits per heavy atom. The standard InChI is InChI=1S/C14H7F4N/c15-11-6-4-9(5-7-11)13-10(8-19)2-1-3-12(13)14(16,17)18/h1-7H. The van der Waals surface area contributed by atoms with E-state index in [9.17, 15) is 17.6 Å². The van der Waals surface area contributed by atoms with Crippen molar-refractivity contribution < 1.29 is 17.6 Å². The van der Waals surface area contributed by atoms with Gasteiger partial charge in [-0.3, -0.25) is 0 Å². The van der Waals surface area contributed by atoms with Crippen LogP contribution in [0.3, 0.4) is 0 Å². The third-order valence-electron chi connectivity index (χ3n) is 2.62. The Kier molecular flexibility index (Phi) is 3.26. The summed E-state index contributed by atoms with van der Waals surface area (Å²) in [5.74, 6) is -0.549. The zero-order valence-corrected chi connectivity index (χ0v) is 9.50. The molecule has 0 N–H and O–H groups in total. The molecule has 0 fully saturated rings. The molecule has 19 heavy (non-hydrogen) atoms. The molecule has 0 amide bonds. The molecule has 0 aliphatic heterocycles. The maximum Gasteiger partial charge on any atom is 0.417 e. The van der Waals surface area contributed by atoms with Crippen molar-refractivity contribution in [1.82, 2.24) is 0 Å². The van der Waals surface area contributed by atoms with Crippen LogP contribution in [0.15, 0.2) is 42.5 Å². The average molecular weight is 265 g/mol. The number of nitrogens with zero attached hydrogens (tertiary/aromatic N) is 1. The van der Waals surface area contributed by atoms with Gasteiger partial charge < -0.3 is 0 Å². The molecule has 0 spiro atoms. The summed E-state index contributed by atoms with van der Waals surface area (Å²) >= 11 is 0. The fourth-order valence-electron chi connectivity index (χ4n) is 1.81. The summed E-state index contributed by atoms with van der Waals surface area (Å²) in [6, 6.07) is 9.67. The summed E-state index contributed by atoms with van der Waals surface area (Å²) in [5, 5.41) is 8.93. The molecule has 2 rings (SSSR count). The SMILES string of the molecule is N#Cc1cccc(C(F)(F)F)c1-c1ccc(F)cc1. The highest BCUT2D eigenvalue weighted by atomic mass is 19.4. The molecule has 96 valence electrons. The van der Waals surface area contributed by atoms with E-state index in [1.54, 1.807) is 6.07 Å². The molecule has 0 radical (unpaired) electrons. The molecule has 1 nitrogen and oxygen atoms in total. The van der Waals surface area contributed by atoms with Crippen molar-refractivity contribution in [2.45, 2.75) is 6.18 Å². The van der Waals surface area contributed by atoms with E-state index >= 15 is 0 Å². The largest absolute Gasteiger partial charge is 0.417 e. The molecule has 2 aromatic carbocycles. The summed E-state index contributed by atoms with van der Waals surface area (Å²) in [6.07, 6.45) is -4.57. The van der Waals surface area contributed by atoms with E-state index in [0.717, 1.165) is 18.2 Å². The summed E-state index contributed by atoms with van der Waals surface area (Å²) in [7, 11) is 0. The molecule has 0 saturated heterocycles. The van der Waals surface area contributed by atoms with Gasteiger partial charge in [0.05, 0.1) is 17.2 Å². The molecule has 0 aromatic heterocycles. The van der Waals surface area contributed by atoms with Crippen LogP contribution in [0.25, 0.3) is 11.1 Å². The molecule has 0 unspecified atom stereocenters. The van der Waals surface area contributed by atoms with E-state index in [1.807, 2.05) is 0 Å². The molecular formula is C14H7F4N. The van der Waals surface area contributed by atoms with Gasteiger partial charge in [0.25, 0.3) is 0 Å². The van der Waals surface area contributed by atoms with Gasteiger partial charge in [-0.2, -0.15) is 18.4 Å². The number of hydrogen-bond acceptors (Lipinski definition) is 1. The minimum absolute atomic E-state index is 0.0959. The molecule has 0 bridgehead atoms. The molecule has 0 atom stereocenters. The highest BCUT2D eigenvalue weighted by Crippen LogP contribution is 2.38. The fourth-order valence-corrected chi connectivity index (χ4v) is 1.81. The van der Waals surface area contributed by atoms with Crippen molar-refractivity contribution in [1.29, 1.82) is 5.26 Å². The van der Waals surface area contributed by atoms with E-state index in [4.69, 9.17) is 5.26 Å². The zero-order chi connectivity index (χ0) is 14.0. The summed E-state index contributed by atoms with van der Waals surface area (Å²) in [6.45, 7) is 0. The van der Waals surface area contributed by atoms with Crippen molar-refractivity contribution in [3.8, 4) is 17.2 Å². The highest BCUT2D eigenvalue weighted by molar-refractivity contribution is 5.74. The second-order valence-electron chi connectivity index (χ2n) is 3.84.